The minimum absolute atomic E-state index is 0.404. The fraction of sp³-hybridized carbons (Fsp3) is 0.385. The fourth-order valence-electron chi connectivity index (χ4n) is 1.70. The Hall–Kier alpha value is -1.73. The summed E-state index contributed by atoms with van der Waals surface area (Å²) in [5, 5.41) is 9.46. The lowest BCUT2D eigenvalue weighted by molar-refractivity contribution is -0.138. The van der Waals surface area contributed by atoms with Gasteiger partial charge < -0.3 is 20.6 Å². The van der Waals surface area contributed by atoms with E-state index in [4.69, 9.17) is 15.6 Å². The van der Waals surface area contributed by atoms with Gasteiger partial charge in [0.05, 0.1) is 17.6 Å². The van der Waals surface area contributed by atoms with E-state index in [0.29, 0.717) is 18.8 Å². The molecule has 2 aromatic rings. The monoisotopic (exact) mass is 295 g/mol. The molecule has 0 aliphatic carbocycles. The van der Waals surface area contributed by atoms with Crippen molar-refractivity contribution in [1.82, 2.24) is 9.97 Å². The van der Waals surface area contributed by atoms with Crippen LogP contribution in [0.4, 0.5) is 0 Å². The second-order valence-corrected chi connectivity index (χ2v) is 5.32. The van der Waals surface area contributed by atoms with Gasteiger partial charge in [-0.2, -0.15) is 0 Å². The van der Waals surface area contributed by atoms with Crippen LogP contribution in [0.5, 0.6) is 5.75 Å². The van der Waals surface area contributed by atoms with Crippen molar-refractivity contribution < 1.29 is 14.6 Å². The highest BCUT2D eigenvalue weighted by Gasteiger charge is 2.11. The second-order valence-electron chi connectivity index (χ2n) is 4.24. The third-order valence-corrected chi connectivity index (χ3v) is 3.63. The molecule has 2 rings (SSSR count). The van der Waals surface area contributed by atoms with E-state index in [-0.39, 0.29) is 0 Å². The van der Waals surface area contributed by atoms with Gasteiger partial charge in [-0.25, -0.2) is 4.98 Å². The number of aliphatic carboxylic acids is 1. The van der Waals surface area contributed by atoms with Crippen LogP contribution in [0.25, 0.3) is 11.0 Å². The number of benzene rings is 1. The zero-order chi connectivity index (χ0) is 14.5. The number of nitrogens with zero attached hydrogens (tertiary/aromatic N) is 1. The molecule has 1 aromatic carbocycles. The van der Waals surface area contributed by atoms with Gasteiger partial charge in [0, 0.05) is 11.8 Å². The first kappa shape index (κ1) is 14.7. The number of aromatic amines is 1. The Morgan fingerprint density at radius 1 is 1.60 bits per heavy atom. The number of ether oxygens (including phenoxy) is 1. The van der Waals surface area contributed by atoms with Crippen molar-refractivity contribution in [1.29, 1.82) is 0 Å². The first-order valence-corrected chi connectivity index (χ1v) is 7.32. The average molecular weight is 295 g/mol. The highest BCUT2D eigenvalue weighted by molar-refractivity contribution is 7.99. The molecule has 0 aliphatic rings. The van der Waals surface area contributed by atoms with Crippen molar-refractivity contribution in [3.8, 4) is 5.75 Å². The van der Waals surface area contributed by atoms with Crippen LogP contribution in [-0.2, 0) is 4.79 Å². The first-order valence-electron chi connectivity index (χ1n) is 6.34. The second kappa shape index (κ2) is 6.62. The molecule has 1 heterocycles. The minimum atomic E-state index is -0.975. The van der Waals surface area contributed by atoms with Gasteiger partial charge in [0.15, 0.2) is 5.16 Å². The number of hydrogen-bond acceptors (Lipinski definition) is 5. The lowest BCUT2D eigenvalue weighted by Gasteiger charge is -2.03. The van der Waals surface area contributed by atoms with Crippen LogP contribution in [-0.4, -0.2) is 39.4 Å². The number of aromatic nitrogens is 2. The Balaban J connectivity index is 1.99. The van der Waals surface area contributed by atoms with Gasteiger partial charge in [-0.3, -0.25) is 4.79 Å². The molecule has 0 radical (unpaired) electrons. The van der Waals surface area contributed by atoms with Gasteiger partial charge in [0.2, 0.25) is 0 Å². The van der Waals surface area contributed by atoms with Crippen LogP contribution < -0.4 is 10.5 Å². The van der Waals surface area contributed by atoms with E-state index in [0.717, 1.165) is 21.9 Å². The number of carboxylic acid groups (broad SMARTS) is 1. The summed E-state index contributed by atoms with van der Waals surface area (Å²) in [6.07, 6.45) is 0.404. The molecular formula is C13H17N3O3S. The normalized spacial score (nSPS) is 12.5. The molecule has 6 nitrogen and oxygen atoms in total. The number of hydrogen-bond donors (Lipinski definition) is 3. The highest BCUT2D eigenvalue weighted by Crippen LogP contribution is 2.23. The van der Waals surface area contributed by atoms with Gasteiger partial charge in [-0.05, 0) is 25.5 Å². The number of carbonyl (C=O) groups is 1. The SMILES string of the molecule is CCOc1ccc2nc(SCCC(N)C(=O)O)[nH]c2c1. The molecule has 0 spiro atoms. The van der Waals surface area contributed by atoms with E-state index < -0.39 is 12.0 Å². The van der Waals surface area contributed by atoms with Crippen LogP contribution in [0, 0.1) is 0 Å². The van der Waals surface area contributed by atoms with Crippen LogP contribution in [0.2, 0.25) is 0 Å². The maximum Gasteiger partial charge on any atom is 0.320 e. The Morgan fingerprint density at radius 3 is 3.10 bits per heavy atom. The summed E-state index contributed by atoms with van der Waals surface area (Å²) in [5.41, 5.74) is 7.21. The number of thioether (sulfide) groups is 1. The van der Waals surface area contributed by atoms with Crippen molar-refractivity contribution in [2.24, 2.45) is 5.73 Å². The van der Waals surface area contributed by atoms with E-state index in [2.05, 4.69) is 9.97 Å². The predicted octanol–water partition coefficient (Wildman–Crippen LogP) is 1.86. The van der Waals surface area contributed by atoms with Crippen molar-refractivity contribution >= 4 is 28.8 Å². The van der Waals surface area contributed by atoms with Gasteiger partial charge in [0.1, 0.15) is 11.8 Å². The summed E-state index contributed by atoms with van der Waals surface area (Å²) >= 11 is 1.46. The fourth-order valence-corrected chi connectivity index (χ4v) is 2.61. The molecule has 1 atom stereocenters. The molecule has 0 amide bonds. The Labute approximate surface area is 120 Å². The predicted molar refractivity (Wildman–Crippen MR) is 78.2 cm³/mol. The lowest BCUT2D eigenvalue weighted by Crippen LogP contribution is -2.30. The molecule has 1 aromatic heterocycles. The Bertz CT molecular complexity index is 600. The lowest BCUT2D eigenvalue weighted by atomic mass is 10.2. The van der Waals surface area contributed by atoms with E-state index in [9.17, 15) is 4.79 Å². The maximum absolute atomic E-state index is 10.6. The maximum atomic E-state index is 10.6. The minimum Gasteiger partial charge on any atom is -0.494 e. The van der Waals surface area contributed by atoms with Crippen LogP contribution in [0.3, 0.4) is 0 Å². The summed E-state index contributed by atoms with van der Waals surface area (Å²) in [7, 11) is 0. The van der Waals surface area contributed by atoms with Gasteiger partial charge >= 0.3 is 5.97 Å². The molecule has 0 fully saturated rings. The number of nitrogens with one attached hydrogen (secondary N) is 1. The topological polar surface area (TPSA) is 101 Å². The Kier molecular flexibility index (Phi) is 4.86. The van der Waals surface area contributed by atoms with Crippen molar-refractivity contribution in [3.63, 3.8) is 0 Å². The number of rotatable bonds is 7. The zero-order valence-corrected chi connectivity index (χ0v) is 11.9. The highest BCUT2D eigenvalue weighted by atomic mass is 32.2. The molecule has 1 unspecified atom stereocenters. The number of nitrogens with two attached hydrogens (primary N) is 1. The van der Waals surface area contributed by atoms with E-state index in [1.807, 2.05) is 25.1 Å². The molecule has 0 saturated carbocycles. The van der Waals surface area contributed by atoms with Crippen LogP contribution in [0.15, 0.2) is 23.4 Å². The number of imidazole rings is 1. The molecule has 0 bridgehead atoms. The number of fused-ring (bicyclic) bond motifs is 1. The largest absolute Gasteiger partial charge is 0.494 e. The number of H-pyrrole nitrogens is 1. The molecule has 20 heavy (non-hydrogen) atoms. The summed E-state index contributed by atoms with van der Waals surface area (Å²) < 4.78 is 5.43. The smallest absolute Gasteiger partial charge is 0.320 e. The van der Waals surface area contributed by atoms with Gasteiger partial charge in [-0.15, -0.1) is 0 Å². The summed E-state index contributed by atoms with van der Waals surface area (Å²) in [6, 6.07) is 4.85. The van der Waals surface area contributed by atoms with Gasteiger partial charge in [0.25, 0.3) is 0 Å². The van der Waals surface area contributed by atoms with Crippen LogP contribution >= 0.6 is 11.8 Å². The summed E-state index contributed by atoms with van der Waals surface area (Å²) in [4.78, 5) is 18.2. The Morgan fingerprint density at radius 2 is 2.40 bits per heavy atom. The average Bonchev–Trinajstić information content (AvgIpc) is 2.80. The van der Waals surface area contributed by atoms with Crippen molar-refractivity contribution in [2.45, 2.75) is 24.5 Å². The quantitative estimate of drug-likeness (QED) is 0.674. The zero-order valence-electron chi connectivity index (χ0n) is 11.1. The first-order chi connectivity index (χ1) is 9.60. The molecule has 0 aliphatic heterocycles. The third kappa shape index (κ3) is 3.64. The summed E-state index contributed by atoms with van der Waals surface area (Å²) in [6.45, 7) is 2.55. The molecule has 4 N–H and O–H groups in total. The summed E-state index contributed by atoms with van der Waals surface area (Å²) in [5.74, 6) is 0.427. The molecular weight excluding hydrogens is 278 g/mol. The van der Waals surface area contributed by atoms with E-state index >= 15 is 0 Å². The van der Waals surface area contributed by atoms with Crippen LogP contribution in [0.1, 0.15) is 13.3 Å². The standard InChI is InChI=1S/C13H17N3O3S/c1-2-19-8-3-4-10-11(7-8)16-13(15-10)20-6-5-9(14)12(17)18/h3-4,7,9H,2,5-6,14H2,1H3,(H,15,16)(H,17,18). The molecule has 7 heteroatoms. The third-order valence-electron chi connectivity index (χ3n) is 2.73. The van der Waals surface area contributed by atoms with Crippen molar-refractivity contribution in [2.75, 3.05) is 12.4 Å². The number of carboxylic acids is 1. The van der Waals surface area contributed by atoms with E-state index in [1.54, 1.807) is 0 Å². The molecule has 0 saturated heterocycles. The van der Waals surface area contributed by atoms with Gasteiger partial charge in [-0.1, -0.05) is 11.8 Å². The molecule has 108 valence electrons. The van der Waals surface area contributed by atoms with E-state index in [1.165, 1.54) is 11.8 Å². The van der Waals surface area contributed by atoms with Crippen molar-refractivity contribution in [3.05, 3.63) is 18.2 Å².